The van der Waals surface area contributed by atoms with E-state index in [1.807, 2.05) is 23.0 Å². The molecule has 15 heavy (non-hydrogen) atoms. The molecule has 0 aliphatic carbocycles. The van der Waals surface area contributed by atoms with E-state index in [1.165, 1.54) is 14.0 Å². The van der Waals surface area contributed by atoms with Crippen molar-refractivity contribution < 1.29 is 14.3 Å². The molecule has 0 saturated heterocycles. The molecule has 0 fully saturated rings. The largest absolute Gasteiger partial charge is 0.469 e. The molecule has 1 rings (SSSR count). The summed E-state index contributed by atoms with van der Waals surface area (Å²) in [4.78, 5) is 22.3. The second-order valence-corrected chi connectivity index (χ2v) is 4.87. The van der Waals surface area contributed by atoms with Gasteiger partial charge < -0.3 is 9.04 Å². The lowest BCUT2D eigenvalue weighted by Crippen LogP contribution is -2.26. The topological polar surface area (TPSA) is 46.6 Å². The van der Waals surface area contributed by atoms with E-state index in [1.54, 1.807) is 4.31 Å². The monoisotopic (exact) mass is 229 g/mol. The van der Waals surface area contributed by atoms with Gasteiger partial charge in [-0.15, -0.1) is 11.1 Å². The normalized spacial score (nSPS) is 15.5. The summed E-state index contributed by atoms with van der Waals surface area (Å²) in [5, 5.41) is 3.96. The molecule has 0 aromatic carbocycles. The maximum Gasteiger partial charge on any atom is 0.307 e. The standard InChI is InChI=1S/C10H15NO3S/c1-9(12)11(6-5-10(13)14-2)15-7-3-4-8-15/h3-4,7-8,15H,5-6H2,1-2H3. The SMILES string of the molecule is COC(=O)CCN(C(C)=O)[SH]1C=CC=C1. The van der Waals surface area contributed by atoms with Crippen LogP contribution in [0.15, 0.2) is 23.0 Å². The van der Waals surface area contributed by atoms with Crippen LogP contribution in [0, 0.1) is 0 Å². The summed E-state index contributed by atoms with van der Waals surface area (Å²) in [6.07, 6.45) is 4.08. The van der Waals surface area contributed by atoms with Crippen LogP contribution < -0.4 is 0 Å². The van der Waals surface area contributed by atoms with Gasteiger partial charge in [0.05, 0.1) is 13.5 Å². The smallest absolute Gasteiger partial charge is 0.307 e. The van der Waals surface area contributed by atoms with Crippen LogP contribution in [0.2, 0.25) is 0 Å². The van der Waals surface area contributed by atoms with Gasteiger partial charge in [-0.2, -0.15) is 0 Å². The number of hydrogen-bond acceptors (Lipinski definition) is 3. The van der Waals surface area contributed by atoms with E-state index >= 15 is 0 Å². The number of amides is 1. The predicted octanol–water partition coefficient (Wildman–Crippen LogP) is 1.36. The summed E-state index contributed by atoms with van der Waals surface area (Å²) in [7, 11) is 1.35. The van der Waals surface area contributed by atoms with Crippen molar-refractivity contribution in [2.24, 2.45) is 0 Å². The summed E-state index contributed by atoms with van der Waals surface area (Å²) in [5.74, 6) is -0.301. The molecule has 0 unspecified atom stereocenters. The lowest BCUT2D eigenvalue weighted by atomic mass is 10.4. The van der Waals surface area contributed by atoms with Crippen LogP contribution in [0.3, 0.4) is 0 Å². The van der Waals surface area contributed by atoms with Crippen LogP contribution in [0.4, 0.5) is 0 Å². The summed E-state index contributed by atoms with van der Waals surface area (Å²) in [6, 6.07) is 0. The van der Waals surface area contributed by atoms with Gasteiger partial charge in [0, 0.05) is 13.5 Å². The number of nitrogens with zero attached hydrogens (tertiary/aromatic N) is 1. The van der Waals surface area contributed by atoms with E-state index in [0.29, 0.717) is 6.54 Å². The van der Waals surface area contributed by atoms with Crippen molar-refractivity contribution in [2.45, 2.75) is 13.3 Å². The first-order valence-corrected chi connectivity index (χ1v) is 6.06. The average molecular weight is 229 g/mol. The van der Waals surface area contributed by atoms with Gasteiger partial charge >= 0.3 is 5.97 Å². The van der Waals surface area contributed by atoms with Crippen LogP contribution in [0.25, 0.3) is 0 Å². The number of hydrogen-bond donors (Lipinski definition) is 1. The van der Waals surface area contributed by atoms with Gasteiger partial charge in [-0.3, -0.25) is 9.59 Å². The number of carbonyl (C=O) groups excluding carboxylic acids is 2. The number of rotatable bonds is 4. The maximum absolute atomic E-state index is 11.4. The maximum atomic E-state index is 11.4. The Balaban J connectivity index is 2.51. The molecule has 5 heteroatoms. The number of ether oxygens (including phenoxy) is 1. The number of esters is 1. The quantitative estimate of drug-likeness (QED) is 0.585. The first-order valence-electron chi connectivity index (χ1n) is 4.63. The zero-order chi connectivity index (χ0) is 11.3. The molecular formula is C10H15NO3S. The van der Waals surface area contributed by atoms with E-state index in [2.05, 4.69) is 4.74 Å². The second-order valence-electron chi connectivity index (χ2n) is 3.03. The van der Waals surface area contributed by atoms with Crippen LogP contribution in [0.5, 0.6) is 0 Å². The van der Waals surface area contributed by atoms with Gasteiger partial charge in [0.1, 0.15) is 0 Å². The van der Waals surface area contributed by atoms with Crippen LogP contribution in [0.1, 0.15) is 13.3 Å². The molecule has 0 saturated carbocycles. The Labute approximate surface area is 92.1 Å². The zero-order valence-corrected chi connectivity index (χ0v) is 9.74. The molecule has 1 amide bonds. The predicted molar refractivity (Wildman–Crippen MR) is 61.3 cm³/mol. The van der Waals surface area contributed by atoms with Crippen molar-refractivity contribution in [3.05, 3.63) is 23.0 Å². The molecule has 0 bridgehead atoms. The molecule has 1 heterocycles. The van der Waals surface area contributed by atoms with Crippen LogP contribution >= 0.6 is 11.1 Å². The lowest BCUT2D eigenvalue weighted by molar-refractivity contribution is -0.140. The van der Waals surface area contributed by atoms with Gasteiger partial charge in [-0.25, -0.2) is 0 Å². The molecule has 0 spiro atoms. The molecule has 0 radical (unpaired) electrons. The molecule has 1 aliphatic rings. The highest BCUT2D eigenvalue weighted by molar-refractivity contribution is 8.20. The van der Waals surface area contributed by atoms with Crippen molar-refractivity contribution in [3.8, 4) is 0 Å². The number of methoxy groups -OCH3 is 1. The van der Waals surface area contributed by atoms with E-state index in [0.717, 1.165) is 0 Å². The first-order chi connectivity index (χ1) is 7.15. The van der Waals surface area contributed by atoms with E-state index in [4.69, 9.17) is 0 Å². The molecule has 84 valence electrons. The van der Waals surface area contributed by atoms with E-state index in [-0.39, 0.29) is 18.3 Å². The van der Waals surface area contributed by atoms with Crippen molar-refractivity contribution in [3.63, 3.8) is 0 Å². The molecule has 0 N–H and O–H groups in total. The minimum absolute atomic E-state index is 0.0128. The van der Waals surface area contributed by atoms with Gasteiger partial charge in [0.25, 0.3) is 0 Å². The Hall–Kier alpha value is -1.23. The van der Waals surface area contributed by atoms with Gasteiger partial charge in [0.15, 0.2) is 0 Å². The molecule has 0 atom stereocenters. The fraction of sp³-hybridized carbons (Fsp3) is 0.400. The number of carbonyl (C=O) groups is 2. The molecular weight excluding hydrogens is 214 g/mol. The van der Waals surface area contributed by atoms with Crippen LogP contribution in [-0.2, 0) is 14.3 Å². The molecule has 0 aromatic heterocycles. The molecule has 1 aliphatic heterocycles. The highest BCUT2D eigenvalue weighted by Gasteiger charge is 2.16. The second kappa shape index (κ2) is 5.60. The Bertz CT molecular complexity index is 300. The van der Waals surface area contributed by atoms with Gasteiger partial charge in [-0.1, -0.05) is 12.2 Å². The third-order valence-electron chi connectivity index (χ3n) is 1.99. The average Bonchev–Trinajstić information content (AvgIpc) is 2.70. The molecule has 0 aromatic rings. The minimum atomic E-state index is -0.669. The summed E-state index contributed by atoms with van der Waals surface area (Å²) >= 11 is -0.669. The summed E-state index contributed by atoms with van der Waals surface area (Å²) < 4.78 is 6.24. The third kappa shape index (κ3) is 3.43. The Kier molecular flexibility index (Phi) is 4.42. The van der Waals surface area contributed by atoms with E-state index in [9.17, 15) is 9.59 Å². The Morgan fingerprint density at radius 3 is 2.40 bits per heavy atom. The Morgan fingerprint density at radius 2 is 1.93 bits per heavy atom. The number of thiol groups is 1. The Morgan fingerprint density at radius 1 is 1.33 bits per heavy atom. The van der Waals surface area contributed by atoms with Crippen molar-refractivity contribution in [1.82, 2.24) is 4.31 Å². The van der Waals surface area contributed by atoms with Crippen molar-refractivity contribution in [1.29, 1.82) is 0 Å². The van der Waals surface area contributed by atoms with Gasteiger partial charge in [0.2, 0.25) is 5.91 Å². The van der Waals surface area contributed by atoms with Crippen molar-refractivity contribution >= 4 is 23.0 Å². The minimum Gasteiger partial charge on any atom is -0.469 e. The number of allylic oxidation sites excluding steroid dienone is 2. The lowest BCUT2D eigenvalue weighted by Gasteiger charge is -2.27. The summed E-state index contributed by atoms with van der Waals surface area (Å²) in [6.45, 7) is 1.93. The first kappa shape index (κ1) is 11.8. The van der Waals surface area contributed by atoms with E-state index < -0.39 is 11.1 Å². The highest BCUT2D eigenvalue weighted by Crippen LogP contribution is 2.37. The fourth-order valence-electron chi connectivity index (χ4n) is 1.22. The third-order valence-corrected chi connectivity index (χ3v) is 3.98. The molecule has 4 nitrogen and oxygen atoms in total. The van der Waals surface area contributed by atoms with Crippen LogP contribution in [-0.4, -0.2) is 29.8 Å². The van der Waals surface area contributed by atoms with Gasteiger partial charge in [-0.05, 0) is 10.8 Å². The zero-order valence-electron chi connectivity index (χ0n) is 8.84. The highest BCUT2D eigenvalue weighted by atomic mass is 32.2. The summed E-state index contributed by atoms with van der Waals surface area (Å²) in [5.41, 5.74) is 0. The fourth-order valence-corrected chi connectivity index (χ4v) is 2.85. The van der Waals surface area contributed by atoms with Crippen molar-refractivity contribution in [2.75, 3.05) is 13.7 Å².